The first kappa shape index (κ1) is 18.6. The van der Waals surface area contributed by atoms with Crippen LogP contribution in [0.5, 0.6) is 0 Å². The normalized spacial score (nSPS) is 17.8. The van der Waals surface area contributed by atoms with E-state index in [0.29, 0.717) is 24.8 Å². The lowest BCUT2D eigenvalue weighted by Crippen LogP contribution is -2.34. The lowest BCUT2D eigenvalue weighted by atomic mass is 10.1. The Morgan fingerprint density at radius 2 is 2.29 bits per heavy atom. The van der Waals surface area contributed by atoms with E-state index in [-0.39, 0.29) is 17.7 Å². The van der Waals surface area contributed by atoms with Gasteiger partial charge in [-0.15, -0.1) is 11.3 Å². The van der Waals surface area contributed by atoms with E-state index in [2.05, 4.69) is 33.2 Å². The van der Waals surface area contributed by atoms with Gasteiger partial charge in [0.15, 0.2) is 5.82 Å². The number of amides is 2. The van der Waals surface area contributed by atoms with Crippen molar-refractivity contribution in [1.29, 1.82) is 0 Å². The highest BCUT2D eigenvalue weighted by Crippen LogP contribution is 2.39. The van der Waals surface area contributed by atoms with Crippen LogP contribution in [0.2, 0.25) is 0 Å². The van der Waals surface area contributed by atoms with Crippen molar-refractivity contribution in [3.63, 3.8) is 0 Å². The van der Waals surface area contributed by atoms with E-state index < -0.39 is 0 Å². The number of carbonyl (C=O) groups is 2. The molecule has 0 spiro atoms. The number of H-pyrrole nitrogens is 1. The van der Waals surface area contributed by atoms with Crippen LogP contribution in [0.3, 0.4) is 0 Å². The third kappa shape index (κ3) is 3.91. The predicted octanol–water partition coefficient (Wildman–Crippen LogP) is 3.29. The first-order chi connectivity index (χ1) is 13.5. The molecule has 1 saturated carbocycles. The Bertz CT molecular complexity index is 940. The summed E-state index contributed by atoms with van der Waals surface area (Å²) in [6.45, 7) is 6.63. The molecule has 0 saturated heterocycles. The molecule has 2 aromatic rings. The number of nitrogens with zero attached hydrogens (tertiary/aromatic N) is 3. The van der Waals surface area contributed by atoms with Crippen LogP contribution in [0.25, 0.3) is 5.57 Å². The van der Waals surface area contributed by atoms with Crippen LogP contribution in [-0.4, -0.2) is 45.0 Å². The summed E-state index contributed by atoms with van der Waals surface area (Å²) in [6.07, 6.45) is 8.36. The molecule has 0 aromatic carbocycles. The summed E-state index contributed by atoms with van der Waals surface area (Å²) in [4.78, 5) is 31.6. The van der Waals surface area contributed by atoms with E-state index in [4.69, 9.17) is 0 Å². The maximum atomic E-state index is 12.6. The molecular formula is C20H23N5O2S. The van der Waals surface area contributed by atoms with Gasteiger partial charge in [0.05, 0.1) is 5.92 Å². The number of nitrogens with one attached hydrogen (secondary N) is 2. The summed E-state index contributed by atoms with van der Waals surface area (Å²) in [5, 5.41) is 10.9. The molecule has 8 heteroatoms. The van der Waals surface area contributed by atoms with Crippen LogP contribution in [-0.2, 0) is 9.59 Å². The van der Waals surface area contributed by atoms with Crippen LogP contribution in [0.1, 0.15) is 53.6 Å². The molecule has 1 atom stereocenters. The highest BCUT2D eigenvalue weighted by molar-refractivity contribution is 7.12. The van der Waals surface area contributed by atoms with Crippen molar-refractivity contribution in [1.82, 2.24) is 20.1 Å². The smallest absolute Gasteiger partial charge is 0.246 e. The molecule has 0 bridgehead atoms. The fourth-order valence-electron chi connectivity index (χ4n) is 3.22. The van der Waals surface area contributed by atoms with Gasteiger partial charge >= 0.3 is 0 Å². The zero-order chi connectivity index (χ0) is 19.7. The lowest BCUT2D eigenvalue weighted by Gasteiger charge is -2.25. The fourth-order valence-corrected chi connectivity index (χ4v) is 4.22. The Hall–Kier alpha value is -2.74. The Kier molecular flexibility index (Phi) is 5.13. The third-order valence-electron chi connectivity index (χ3n) is 5.12. The van der Waals surface area contributed by atoms with Gasteiger partial charge in [0.1, 0.15) is 5.01 Å². The monoisotopic (exact) mass is 397 g/mol. The molecule has 2 aromatic heterocycles. The lowest BCUT2D eigenvalue weighted by molar-refractivity contribution is -0.125. The van der Waals surface area contributed by atoms with Crippen molar-refractivity contribution in [3.05, 3.63) is 46.6 Å². The first-order valence-electron chi connectivity index (χ1n) is 9.47. The Labute approximate surface area is 167 Å². The number of hydrogen-bond acceptors (Lipinski definition) is 5. The molecule has 1 unspecified atom stereocenters. The predicted molar refractivity (Wildman–Crippen MR) is 109 cm³/mol. The largest absolute Gasteiger partial charge is 0.334 e. The second-order valence-corrected chi connectivity index (χ2v) is 8.31. The highest BCUT2D eigenvalue weighted by atomic mass is 32.1. The van der Waals surface area contributed by atoms with E-state index in [1.165, 1.54) is 30.3 Å². The van der Waals surface area contributed by atoms with Crippen molar-refractivity contribution >= 4 is 34.5 Å². The number of hydrogen-bond donors (Lipinski definition) is 2. The summed E-state index contributed by atoms with van der Waals surface area (Å²) in [5.41, 5.74) is 2.11. The molecule has 7 nitrogen and oxygen atoms in total. The Morgan fingerprint density at radius 1 is 1.46 bits per heavy atom. The average molecular weight is 398 g/mol. The minimum absolute atomic E-state index is 0.0697. The van der Waals surface area contributed by atoms with E-state index in [1.807, 2.05) is 13.0 Å². The van der Waals surface area contributed by atoms with E-state index >= 15 is 0 Å². The fraction of sp³-hybridized carbons (Fsp3) is 0.400. The molecular weight excluding hydrogens is 374 g/mol. The zero-order valence-corrected chi connectivity index (χ0v) is 16.6. The molecule has 1 fully saturated rings. The van der Waals surface area contributed by atoms with Crippen molar-refractivity contribution in [3.8, 4) is 0 Å². The molecule has 1 aliphatic carbocycles. The molecule has 4 rings (SSSR count). The van der Waals surface area contributed by atoms with Crippen LogP contribution in [0, 0.1) is 0 Å². The topological polar surface area (TPSA) is 91.0 Å². The summed E-state index contributed by atoms with van der Waals surface area (Å²) < 4.78 is 0. The maximum Gasteiger partial charge on any atom is 0.246 e. The zero-order valence-electron chi connectivity index (χ0n) is 15.8. The second-order valence-electron chi connectivity index (χ2n) is 7.24. The van der Waals surface area contributed by atoms with E-state index in [9.17, 15) is 9.59 Å². The molecule has 1 aliphatic heterocycles. The van der Waals surface area contributed by atoms with Gasteiger partial charge in [-0.3, -0.25) is 14.7 Å². The molecule has 2 aliphatic rings. The van der Waals surface area contributed by atoms with Crippen LogP contribution >= 0.6 is 11.3 Å². The number of rotatable bonds is 6. The quantitative estimate of drug-likeness (QED) is 0.732. The first-order valence-corrected chi connectivity index (χ1v) is 10.3. The van der Waals surface area contributed by atoms with E-state index in [1.54, 1.807) is 11.1 Å². The number of aromatic amines is 1. The summed E-state index contributed by atoms with van der Waals surface area (Å²) in [5.74, 6) is 0.625. The van der Waals surface area contributed by atoms with Crippen molar-refractivity contribution in [2.45, 2.75) is 38.0 Å². The maximum absolute atomic E-state index is 12.6. The van der Waals surface area contributed by atoms with Gasteiger partial charge in [0.25, 0.3) is 0 Å². The third-order valence-corrected chi connectivity index (χ3v) is 6.38. The SMILES string of the molecule is C=CC(=O)N1CCC=C(c2ncc(C(C)C(=O)Nc3cc(C4CC4)[nH]n3)s2)C1. The Morgan fingerprint density at radius 3 is 3.04 bits per heavy atom. The highest BCUT2D eigenvalue weighted by Gasteiger charge is 2.27. The Balaban J connectivity index is 1.41. The van der Waals surface area contributed by atoms with Crippen molar-refractivity contribution in [2.75, 3.05) is 18.4 Å². The summed E-state index contributed by atoms with van der Waals surface area (Å²) in [7, 11) is 0. The van der Waals surface area contributed by atoms with Crippen molar-refractivity contribution < 1.29 is 9.59 Å². The minimum atomic E-state index is -0.331. The number of thiazole rings is 1. The molecule has 28 heavy (non-hydrogen) atoms. The molecule has 3 heterocycles. The number of anilines is 1. The number of aromatic nitrogens is 3. The van der Waals surface area contributed by atoms with Gasteiger partial charge in [-0.1, -0.05) is 12.7 Å². The van der Waals surface area contributed by atoms with Gasteiger partial charge in [-0.05, 0) is 32.3 Å². The summed E-state index contributed by atoms with van der Waals surface area (Å²) in [6, 6.07) is 1.92. The molecule has 2 amide bonds. The van der Waals surface area contributed by atoms with Crippen LogP contribution in [0.15, 0.2) is 31.0 Å². The average Bonchev–Trinajstić information content (AvgIpc) is 3.26. The van der Waals surface area contributed by atoms with Crippen LogP contribution < -0.4 is 5.32 Å². The molecule has 0 radical (unpaired) electrons. The standard InChI is InChI=1S/C20H23N5O2S/c1-3-18(26)25-8-4-5-14(11-25)20-21-10-16(28-20)12(2)19(27)22-17-9-15(23-24-17)13-6-7-13/h3,5,9-10,12-13H,1,4,6-8,11H2,2H3,(H2,22,23,24,27). The second kappa shape index (κ2) is 7.71. The van der Waals surface area contributed by atoms with Gasteiger partial charge in [-0.2, -0.15) is 5.10 Å². The summed E-state index contributed by atoms with van der Waals surface area (Å²) >= 11 is 1.50. The minimum Gasteiger partial charge on any atom is -0.334 e. The van der Waals surface area contributed by atoms with Crippen molar-refractivity contribution in [2.24, 2.45) is 0 Å². The van der Waals surface area contributed by atoms with Gasteiger partial charge < -0.3 is 10.2 Å². The van der Waals surface area contributed by atoms with Gasteiger partial charge in [0.2, 0.25) is 11.8 Å². The molecule has 2 N–H and O–H groups in total. The molecule has 146 valence electrons. The van der Waals surface area contributed by atoms with Gasteiger partial charge in [0, 0.05) is 47.4 Å². The number of carbonyl (C=O) groups excluding carboxylic acids is 2. The van der Waals surface area contributed by atoms with Crippen LogP contribution in [0.4, 0.5) is 5.82 Å². The van der Waals surface area contributed by atoms with E-state index in [0.717, 1.165) is 27.6 Å². The van der Waals surface area contributed by atoms with Gasteiger partial charge in [-0.25, -0.2) is 4.98 Å².